The molecule has 2 aromatic carbocycles. The summed E-state index contributed by atoms with van der Waals surface area (Å²) in [6.45, 7) is 2.86. The summed E-state index contributed by atoms with van der Waals surface area (Å²) in [6.07, 6.45) is 3.32. The van der Waals surface area contributed by atoms with Crippen LogP contribution in [0.5, 0.6) is 0 Å². The number of halogens is 2. The SMILES string of the molecule is Clc1ccc(CCNCCNC2CCc3ccccc32)c(Cl)c1. The molecule has 0 fully saturated rings. The summed E-state index contributed by atoms with van der Waals surface area (Å²) < 4.78 is 0. The third-order valence-corrected chi connectivity index (χ3v) is 5.00. The Bertz CT molecular complexity index is 658. The molecule has 2 aromatic rings. The molecule has 0 bridgehead atoms. The van der Waals surface area contributed by atoms with Crippen molar-refractivity contribution < 1.29 is 0 Å². The molecule has 23 heavy (non-hydrogen) atoms. The molecule has 4 heteroatoms. The average Bonchev–Trinajstić information content (AvgIpc) is 2.96. The number of aryl methyl sites for hydroxylation is 1. The minimum Gasteiger partial charge on any atom is -0.315 e. The van der Waals surface area contributed by atoms with E-state index >= 15 is 0 Å². The van der Waals surface area contributed by atoms with Crippen LogP contribution in [0.15, 0.2) is 42.5 Å². The summed E-state index contributed by atoms with van der Waals surface area (Å²) in [5.41, 5.74) is 4.11. The van der Waals surface area contributed by atoms with E-state index in [1.807, 2.05) is 12.1 Å². The number of nitrogens with one attached hydrogen (secondary N) is 2. The summed E-state index contributed by atoms with van der Waals surface area (Å²) in [5, 5.41) is 8.56. The van der Waals surface area contributed by atoms with Crippen molar-refractivity contribution in [1.82, 2.24) is 10.6 Å². The van der Waals surface area contributed by atoms with Crippen molar-refractivity contribution in [2.75, 3.05) is 19.6 Å². The summed E-state index contributed by atoms with van der Waals surface area (Å²) in [4.78, 5) is 0. The summed E-state index contributed by atoms with van der Waals surface area (Å²) in [5.74, 6) is 0. The molecular formula is C19H22Cl2N2. The standard InChI is InChI=1S/C19H22Cl2N2/c20-16-7-5-15(18(21)13-16)9-10-22-11-12-23-19-8-6-14-3-1-2-4-17(14)19/h1-5,7,13,19,22-23H,6,8-12H2. The average molecular weight is 349 g/mol. The first kappa shape index (κ1) is 16.8. The van der Waals surface area contributed by atoms with Crippen LogP contribution in [0.3, 0.4) is 0 Å². The van der Waals surface area contributed by atoms with Gasteiger partial charge in [-0.3, -0.25) is 0 Å². The first-order valence-electron chi connectivity index (χ1n) is 8.20. The molecule has 0 saturated carbocycles. The predicted octanol–water partition coefficient (Wildman–Crippen LogP) is 4.40. The molecule has 1 unspecified atom stereocenters. The molecule has 0 aliphatic heterocycles. The zero-order valence-electron chi connectivity index (χ0n) is 13.1. The van der Waals surface area contributed by atoms with Crippen molar-refractivity contribution in [2.45, 2.75) is 25.3 Å². The van der Waals surface area contributed by atoms with Crippen LogP contribution in [0.2, 0.25) is 10.0 Å². The highest BCUT2D eigenvalue weighted by Crippen LogP contribution is 2.30. The van der Waals surface area contributed by atoms with E-state index in [-0.39, 0.29) is 0 Å². The van der Waals surface area contributed by atoms with Crippen LogP contribution in [0.25, 0.3) is 0 Å². The van der Waals surface area contributed by atoms with E-state index in [0.717, 1.165) is 36.6 Å². The lowest BCUT2D eigenvalue weighted by atomic mass is 10.1. The van der Waals surface area contributed by atoms with Crippen molar-refractivity contribution in [3.8, 4) is 0 Å². The van der Waals surface area contributed by atoms with Crippen LogP contribution in [-0.4, -0.2) is 19.6 Å². The van der Waals surface area contributed by atoms with Crippen molar-refractivity contribution in [3.05, 3.63) is 69.2 Å². The molecule has 0 heterocycles. The topological polar surface area (TPSA) is 24.1 Å². The Morgan fingerprint density at radius 2 is 1.87 bits per heavy atom. The van der Waals surface area contributed by atoms with Gasteiger partial charge in [0.25, 0.3) is 0 Å². The van der Waals surface area contributed by atoms with Crippen LogP contribution >= 0.6 is 23.2 Å². The number of hydrogen-bond donors (Lipinski definition) is 2. The highest BCUT2D eigenvalue weighted by molar-refractivity contribution is 6.35. The first-order chi connectivity index (χ1) is 11.2. The fourth-order valence-corrected chi connectivity index (χ4v) is 3.68. The van der Waals surface area contributed by atoms with Crippen LogP contribution < -0.4 is 10.6 Å². The Kier molecular flexibility index (Phi) is 5.96. The van der Waals surface area contributed by atoms with Crippen molar-refractivity contribution in [1.29, 1.82) is 0 Å². The largest absolute Gasteiger partial charge is 0.315 e. The van der Waals surface area contributed by atoms with Crippen molar-refractivity contribution in [3.63, 3.8) is 0 Å². The van der Waals surface area contributed by atoms with Crippen LogP contribution in [0, 0.1) is 0 Å². The second-order valence-corrected chi connectivity index (χ2v) is 6.82. The minimum atomic E-state index is 0.513. The molecule has 0 radical (unpaired) electrons. The quantitative estimate of drug-likeness (QED) is 0.724. The van der Waals surface area contributed by atoms with E-state index < -0.39 is 0 Å². The maximum atomic E-state index is 6.18. The second kappa shape index (κ2) is 8.16. The van der Waals surface area contributed by atoms with Crippen LogP contribution in [0.4, 0.5) is 0 Å². The molecule has 1 aliphatic carbocycles. The Balaban J connectivity index is 1.35. The van der Waals surface area contributed by atoms with Gasteiger partial charge in [0, 0.05) is 29.2 Å². The maximum Gasteiger partial charge on any atom is 0.0453 e. The third kappa shape index (κ3) is 4.48. The zero-order chi connectivity index (χ0) is 16.1. The van der Waals surface area contributed by atoms with Crippen molar-refractivity contribution >= 4 is 23.2 Å². The molecule has 0 aromatic heterocycles. The predicted molar refractivity (Wildman–Crippen MR) is 98.5 cm³/mol. The van der Waals surface area contributed by atoms with Gasteiger partial charge in [0.05, 0.1) is 0 Å². The molecule has 0 saturated heterocycles. The van der Waals surface area contributed by atoms with E-state index in [1.54, 1.807) is 6.07 Å². The highest BCUT2D eigenvalue weighted by Gasteiger charge is 2.20. The van der Waals surface area contributed by atoms with Gasteiger partial charge in [0.1, 0.15) is 0 Å². The van der Waals surface area contributed by atoms with Gasteiger partial charge < -0.3 is 10.6 Å². The lowest BCUT2D eigenvalue weighted by Gasteiger charge is -2.14. The second-order valence-electron chi connectivity index (χ2n) is 5.98. The smallest absolute Gasteiger partial charge is 0.0453 e. The van der Waals surface area contributed by atoms with Gasteiger partial charge in [-0.15, -0.1) is 0 Å². The zero-order valence-corrected chi connectivity index (χ0v) is 14.6. The Hall–Kier alpha value is -1.06. The molecule has 1 atom stereocenters. The van der Waals surface area contributed by atoms with Gasteiger partial charge in [-0.25, -0.2) is 0 Å². The Labute approximate surface area is 148 Å². The van der Waals surface area contributed by atoms with Gasteiger partial charge in [-0.1, -0.05) is 53.5 Å². The van der Waals surface area contributed by atoms with E-state index in [4.69, 9.17) is 23.2 Å². The first-order valence-corrected chi connectivity index (χ1v) is 8.95. The molecule has 0 spiro atoms. The van der Waals surface area contributed by atoms with Gasteiger partial charge in [-0.2, -0.15) is 0 Å². The van der Waals surface area contributed by atoms with E-state index in [0.29, 0.717) is 11.1 Å². The van der Waals surface area contributed by atoms with E-state index in [9.17, 15) is 0 Å². The minimum absolute atomic E-state index is 0.513. The lowest BCUT2D eigenvalue weighted by molar-refractivity contribution is 0.514. The molecular weight excluding hydrogens is 327 g/mol. The van der Waals surface area contributed by atoms with Gasteiger partial charge >= 0.3 is 0 Å². The summed E-state index contributed by atoms with van der Waals surface area (Å²) in [7, 11) is 0. The highest BCUT2D eigenvalue weighted by atomic mass is 35.5. The number of benzene rings is 2. The molecule has 122 valence electrons. The van der Waals surface area contributed by atoms with Gasteiger partial charge in [0.2, 0.25) is 0 Å². The van der Waals surface area contributed by atoms with E-state index in [2.05, 4.69) is 34.9 Å². The summed E-state index contributed by atoms with van der Waals surface area (Å²) >= 11 is 12.1. The fourth-order valence-electron chi connectivity index (χ4n) is 3.18. The Morgan fingerprint density at radius 1 is 1.00 bits per heavy atom. The number of hydrogen-bond acceptors (Lipinski definition) is 2. The van der Waals surface area contributed by atoms with Crippen molar-refractivity contribution in [2.24, 2.45) is 0 Å². The molecule has 0 amide bonds. The van der Waals surface area contributed by atoms with Gasteiger partial charge in [-0.05, 0) is 54.6 Å². The number of rotatable bonds is 7. The molecule has 3 rings (SSSR count). The van der Waals surface area contributed by atoms with Gasteiger partial charge in [0.15, 0.2) is 0 Å². The molecule has 1 aliphatic rings. The number of fused-ring (bicyclic) bond motifs is 1. The molecule has 2 N–H and O–H groups in total. The Morgan fingerprint density at radius 3 is 2.74 bits per heavy atom. The fraction of sp³-hybridized carbons (Fsp3) is 0.368. The normalized spacial score (nSPS) is 16.5. The monoisotopic (exact) mass is 348 g/mol. The maximum absolute atomic E-state index is 6.18. The van der Waals surface area contributed by atoms with Crippen LogP contribution in [-0.2, 0) is 12.8 Å². The molecule has 2 nitrogen and oxygen atoms in total. The van der Waals surface area contributed by atoms with Crippen LogP contribution in [0.1, 0.15) is 29.2 Å². The van der Waals surface area contributed by atoms with E-state index in [1.165, 1.54) is 24.0 Å². The lowest BCUT2D eigenvalue weighted by Crippen LogP contribution is -2.30. The third-order valence-electron chi connectivity index (χ3n) is 4.41. The summed E-state index contributed by atoms with van der Waals surface area (Å²) in [6, 6.07) is 15.0.